The van der Waals surface area contributed by atoms with Crippen LogP contribution in [0.4, 0.5) is 0 Å². The number of ether oxygens (including phenoxy) is 1. The smallest absolute Gasteiger partial charge is 0.277 e. The van der Waals surface area contributed by atoms with Crippen molar-refractivity contribution in [1.29, 1.82) is 0 Å². The largest absolute Gasteiger partial charge is 0.497 e. The Bertz CT molecular complexity index is 1070. The highest BCUT2D eigenvalue weighted by atomic mass is 32.2. The molecule has 0 fully saturated rings. The molecule has 9 heteroatoms. The fourth-order valence-corrected chi connectivity index (χ4v) is 4.01. The van der Waals surface area contributed by atoms with Crippen molar-refractivity contribution in [3.8, 4) is 17.2 Å². The number of benzene rings is 2. The molecule has 0 spiro atoms. The summed E-state index contributed by atoms with van der Waals surface area (Å²) in [6, 6.07) is 15.0. The van der Waals surface area contributed by atoms with E-state index in [2.05, 4.69) is 29.3 Å². The van der Waals surface area contributed by atoms with Crippen molar-refractivity contribution in [2.75, 3.05) is 19.4 Å². The Balaban J connectivity index is 1.66. The summed E-state index contributed by atoms with van der Waals surface area (Å²) in [5, 5.41) is 8.32. The van der Waals surface area contributed by atoms with Gasteiger partial charge in [-0.2, -0.15) is 0 Å². The van der Waals surface area contributed by atoms with Crippen LogP contribution in [0.3, 0.4) is 0 Å². The van der Waals surface area contributed by atoms with Gasteiger partial charge in [0, 0.05) is 5.56 Å². The number of aromatic nitrogens is 2. The van der Waals surface area contributed by atoms with Gasteiger partial charge in [0.05, 0.1) is 25.4 Å². The molecule has 3 rings (SSSR count). The summed E-state index contributed by atoms with van der Waals surface area (Å²) in [6.45, 7) is 3.85. The highest BCUT2D eigenvalue weighted by Crippen LogP contribution is 2.27. The van der Waals surface area contributed by atoms with E-state index in [9.17, 15) is 9.59 Å². The molecule has 0 bridgehead atoms. The molecule has 1 heterocycles. The number of nitrogens with two attached hydrogens (primary N) is 1. The predicted octanol–water partition coefficient (Wildman–Crippen LogP) is 3.86. The third-order valence-electron chi connectivity index (χ3n) is 5.18. The van der Waals surface area contributed by atoms with Crippen molar-refractivity contribution in [3.63, 3.8) is 0 Å². The quantitative estimate of drug-likeness (QED) is 0.425. The van der Waals surface area contributed by atoms with Crippen LogP contribution in [-0.4, -0.2) is 46.3 Å². The number of amides is 2. The molecule has 174 valence electrons. The number of methoxy groups -OCH3 is 1. The Morgan fingerprint density at radius 2 is 1.82 bits per heavy atom. The van der Waals surface area contributed by atoms with Crippen molar-refractivity contribution in [3.05, 3.63) is 59.7 Å². The first-order chi connectivity index (χ1) is 15.9. The minimum Gasteiger partial charge on any atom is -0.497 e. The van der Waals surface area contributed by atoms with E-state index < -0.39 is 5.91 Å². The van der Waals surface area contributed by atoms with Crippen LogP contribution in [0, 0.1) is 0 Å². The van der Waals surface area contributed by atoms with Gasteiger partial charge in [-0.15, -0.1) is 10.2 Å². The van der Waals surface area contributed by atoms with Gasteiger partial charge in [-0.1, -0.05) is 49.4 Å². The van der Waals surface area contributed by atoms with Gasteiger partial charge in [0.25, 0.3) is 5.22 Å². The first-order valence-electron chi connectivity index (χ1n) is 10.7. The highest BCUT2D eigenvalue weighted by Gasteiger charge is 2.24. The second-order valence-electron chi connectivity index (χ2n) is 7.55. The number of rotatable bonds is 11. The fourth-order valence-electron chi connectivity index (χ4n) is 3.37. The Kier molecular flexibility index (Phi) is 8.48. The van der Waals surface area contributed by atoms with Gasteiger partial charge >= 0.3 is 0 Å². The van der Waals surface area contributed by atoms with Crippen LogP contribution >= 0.6 is 11.8 Å². The summed E-state index contributed by atoms with van der Waals surface area (Å²) in [4.78, 5) is 26.1. The zero-order valence-electron chi connectivity index (χ0n) is 19.0. The van der Waals surface area contributed by atoms with Gasteiger partial charge in [-0.3, -0.25) is 9.59 Å². The van der Waals surface area contributed by atoms with Crippen LogP contribution in [0.25, 0.3) is 11.5 Å². The van der Waals surface area contributed by atoms with Gasteiger partial charge in [0.1, 0.15) is 5.75 Å². The predicted molar refractivity (Wildman–Crippen MR) is 127 cm³/mol. The molecule has 0 aliphatic carbocycles. The number of thioether (sulfide) groups is 1. The molecule has 2 aromatic carbocycles. The average molecular weight is 469 g/mol. The maximum absolute atomic E-state index is 13.0. The van der Waals surface area contributed by atoms with Crippen LogP contribution in [-0.2, 0) is 16.0 Å². The number of aryl methyl sites for hydroxylation is 1. The topological polar surface area (TPSA) is 112 Å². The summed E-state index contributed by atoms with van der Waals surface area (Å²) in [7, 11) is 1.59. The Hall–Kier alpha value is -3.33. The monoisotopic (exact) mass is 468 g/mol. The number of primary amides is 1. The minimum absolute atomic E-state index is 0.0375. The Labute approximate surface area is 197 Å². The molecule has 2 N–H and O–H groups in total. The van der Waals surface area contributed by atoms with E-state index in [-0.39, 0.29) is 29.5 Å². The standard InChI is InChI=1S/C24H28N4O4S/c1-4-5-17-6-8-18(9-7-17)16(2)28(14-21(25)29)22(30)15-33-24-27-26-23(32-24)19-10-12-20(31-3)13-11-19/h6-13,16H,4-5,14-15H2,1-3H3,(H2,25,29). The van der Waals surface area contributed by atoms with Gasteiger partial charge in [-0.25, -0.2) is 0 Å². The summed E-state index contributed by atoms with van der Waals surface area (Å²) in [5.41, 5.74) is 8.34. The van der Waals surface area contributed by atoms with Gasteiger partial charge in [0.15, 0.2) is 0 Å². The molecule has 0 saturated heterocycles. The van der Waals surface area contributed by atoms with E-state index in [1.54, 1.807) is 19.2 Å². The van der Waals surface area contributed by atoms with Gasteiger partial charge < -0.3 is 19.8 Å². The number of carbonyl (C=O) groups is 2. The van der Waals surface area contributed by atoms with Crippen LogP contribution < -0.4 is 10.5 Å². The molecule has 1 atom stereocenters. The second kappa shape index (κ2) is 11.5. The Morgan fingerprint density at radius 3 is 2.42 bits per heavy atom. The maximum atomic E-state index is 13.0. The van der Waals surface area contributed by atoms with E-state index in [1.807, 2.05) is 31.2 Å². The van der Waals surface area contributed by atoms with E-state index in [0.717, 1.165) is 41.5 Å². The van der Waals surface area contributed by atoms with Crippen molar-refractivity contribution in [2.45, 2.75) is 38.0 Å². The lowest BCUT2D eigenvalue weighted by atomic mass is 10.0. The second-order valence-corrected chi connectivity index (χ2v) is 8.47. The minimum atomic E-state index is -0.567. The lowest BCUT2D eigenvalue weighted by Gasteiger charge is -2.28. The molecule has 3 aromatic rings. The van der Waals surface area contributed by atoms with E-state index in [0.29, 0.717) is 5.89 Å². The molecular formula is C24H28N4O4S. The lowest BCUT2D eigenvalue weighted by Crippen LogP contribution is -2.41. The molecule has 8 nitrogen and oxygen atoms in total. The summed E-state index contributed by atoms with van der Waals surface area (Å²) >= 11 is 1.12. The zero-order chi connectivity index (χ0) is 23.8. The average Bonchev–Trinajstić information content (AvgIpc) is 3.30. The van der Waals surface area contributed by atoms with Crippen LogP contribution in [0.1, 0.15) is 37.4 Å². The van der Waals surface area contributed by atoms with Crippen molar-refractivity contribution < 1.29 is 18.7 Å². The van der Waals surface area contributed by atoms with Crippen molar-refractivity contribution in [1.82, 2.24) is 15.1 Å². The number of hydrogen-bond donors (Lipinski definition) is 1. The van der Waals surface area contributed by atoms with Crippen LogP contribution in [0.5, 0.6) is 5.75 Å². The zero-order valence-corrected chi connectivity index (χ0v) is 19.8. The Morgan fingerprint density at radius 1 is 1.12 bits per heavy atom. The van der Waals surface area contributed by atoms with E-state index in [1.165, 1.54) is 10.5 Å². The van der Waals surface area contributed by atoms with Crippen LogP contribution in [0.15, 0.2) is 58.2 Å². The first kappa shape index (κ1) is 24.3. The maximum Gasteiger partial charge on any atom is 0.277 e. The molecule has 2 amide bonds. The van der Waals surface area contributed by atoms with Crippen LogP contribution in [0.2, 0.25) is 0 Å². The molecule has 33 heavy (non-hydrogen) atoms. The first-order valence-corrected chi connectivity index (χ1v) is 11.7. The summed E-state index contributed by atoms with van der Waals surface area (Å²) < 4.78 is 10.8. The molecule has 0 aliphatic rings. The number of hydrogen-bond acceptors (Lipinski definition) is 7. The van der Waals surface area contributed by atoms with Gasteiger partial charge in [-0.05, 0) is 48.7 Å². The third kappa shape index (κ3) is 6.58. The number of nitrogens with zero attached hydrogens (tertiary/aromatic N) is 3. The number of carbonyl (C=O) groups excluding carboxylic acids is 2. The molecule has 0 aliphatic heterocycles. The SMILES string of the molecule is CCCc1ccc(C(C)N(CC(N)=O)C(=O)CSc2nnc(-c3ccc(OC)cc3)o2)cc1. The highest BCUT2D eigenvalue weighted by molar-refractivity contribution is 7.99. The van der Waals surface area contributed by atoms with Crippen molar-refractivity contribution in [2.24, 2.45) is 5.73 Å². The lowest BCUT2D eigenvalue weighted by molar-refractivity contribution is -0.135. The van der Waals surface area contributed by atoms with Crippen molar-refractivity contribution >= 4 is 23.6 Å². The fraction of sp³-hybridized carbons (Fsp3) is 0.333. The third-order valence-corrected chi connectivity index (χ3v) is 5.98. The van der Waals surface area contributed by atoms with Gasteiger partial charge in [0.2, 0.25) is 17.7 Å². The molecule has 0 saturated carbocycles. The van der Waals surface area contributed by atoms with E-state index in [4.69, 9.17) is 14.9 Å². The van der Waals surface area contributed by atoms with E-state index >= 15 is 0 Å². The summed E-state index contributed by atoms with van der Waals surface area (Å²) in [6.07, 6.45) is 2.06. The normalized spacial score (nSPS) is 11.7. The summed E-state index contributed by atoms with van der Waals surface area (Å²) in [5.74, 6) is 0.301. The molecule has 1 aromatic heterocycles. The molecular weight excluding hydrogens is 440 g/mol. The molecule has 0 radical (unpaired) electrons. The molecule has 1 unspecified atom stereocenters.